The first-order valence-corrected chi connectivity index (χ1v) is 20.4. The number of carbonyl (C=O) groups is 7. The summed E-state index contributed by atoms with van der Waals surface area (Å²) in [5.74, 6) is -6.18. The molecule has 1 fully saturated rings. The molecule has 0 bridgehead atoms. The van der Waals surface area contributed by atoms with Crippen molar-refractivity contribution in [2.45, 2.75) is 76.0 Å². The van der Waals surface area contributed by atoms with Gasteiger partial charge in [0.05, 0.1) is 19.6 Å². The van der Waals surface area contributed by atoms with E-state index < -0.39 is 86.1 Å². The Morgan fingerprint density at radius 1 is 0.864 bits per heavy atom. The molecule has 6 amide bonds. The minimum absolute atomic E-state index is 0.0216. The molecule has 1 aliphatic heterocycles. The van der Waals surface area contributed by atoms with Crippen LogP contribution in [0, 0.1) is 12.1 Å². The number of carbonyl (C=O) groups excluding carboxylic acids is 6. The van der Waals surface area contributed by atoms with Gasteiger partial charge in [-0.25, -0.2) is 0 Å². The number of carboxylic acid groups (broad SMARTS) is 1. The predicted molar refractivity (Wildman–Crippen MR) is 217 cm³/mol. The highest BCUT2D eigenvalue weighted by Crippen LogP contribution is 2.45. The first kappa shape index (κ1) is 46.9. The average Bonchev–Trinajstić information content (AvgIpc) is 3.20. The van der Waals surface area contributed by atoms with Crippen LogP contribution in [0.1, 0.15) is 61.4 Å². The molecule has 0 saturated carbocycles. The minimum atomic E-state index is -3.54. The third kappa shape index (κ3) is 16.5. The number of unbranched alkanes of at least 4 members (excludes halogenated alkanes) is 1. The van der Waals surface area contributed by atoms with E-state index in [1.807, 2.05) is 0 Å². The van der Waals surface area contributed by atoms with Crippen molar-refractivity contribution in [3.05, 3.63) is 65.7 Å². The SMILES string of the molecule is C#CP(=O)(Nc1ccc(C(=O)NCCCC[C@@H]2NC(=O)[C@@H](Cc3ccccc3)NC(=O)[C@H](CC(=O)O)NC(=O)CNC(=O)[C@H](CCCN=C(N)N)NC2=O)cc1)OCC. The van der Waals surface area contributed by atoms with Gasteiger partial charge in [0.25, 0.3) is 5.91 Å². The lowest BCUT2D eigenvalue weighted by Crippen LogP contribution is -2.58. The van der Waals surface area contributed by atoms with Crippen LogP contribution in [-0.2, 0) is 44.3 Å². The summed E-state index contributed by atoms with van der Waals surface area (Å²) in [5, 5.41) is 27.5. The van der Waals surface area contributed by atoms with E-state index in [1.54, 1.807) is 37.3 Å². The van der Waals surface area contributed by atoms with Crippen molar-refractivity contribution in [1.82, 2.24) is 31.9 Å². The molecule has 1 heterocycles. The molecule has 59 heavy (non-hydrogen) atoms. The molecule has 1 unspecified atom stereocenters. The van der Waals surface area contributed by atoms with Crippen LogP contribution in [0.2, 0.25) is 0 Å². The molecular formula is C38H51N10O10P. The lowest BCUT2D eigenvalue weighted by molar-refractivity contribution is -0.141. The minimum Gasteiger partial charge on any atom is -0.481 e. The molecule has 12 N–H and O–H groups in total. The van der Waals surface area contributed by atoms with E-state index in [4.69, 9.17) is 22.4 Å². The van der Waals surface area contributed by atoms with Crippen molar-refractivity contribution in [2.24, 2.45) is 16.5 Å². The summed E-state index contributed by atoms with van der Waals surface area (Å²) >= 11 is 0. The van der Waals surface area contributed by atoms with Crippen LogP contribution >= 0.6 is 7.52 Å². The average molecular weight is 839 g/mol. The topological polar surface area (TPSA) is 315 Å². The summed E-state index contributed by atoms with van der Waals surface area (Å²) in [7, 11) is -3.54. The van der Waals surface area contributed by atoms with Crippen LogP contribution in [-0.4, -0.2) is 103 Å². The van der Waals surface area contributed by atoms with Gasteiger partial charge in [-0.3, -0.25) is 43.1 Å². The Morgan fingerprint density at radius 2 is 1.47 bits per heavy atom. The maximum Gasteiger partial charge on any atom is 0.367 e. The summed E-state index contributed by atoms with van der Waals surface area (Å²) in [6.45, 7) is 1.41. The zero-order chi connectivity index (χ0) is 43.4. The third-order valence-electron chi connectivity index (χ3n) is 8.69. The molecule has 3 rings (SSSR count). The Balaban J connectivity index is 1.81. The molecule has 1 aliphatic rings. The van der Waals surface area contributed by atoms with Gasteiger partial charge in [0, 0.05) is 36.4 Å². The normalized spacial score (nSPS) is 20.0. The molecule has 2 aromatic carbocycles. The van der Waals surface area contributed by atoms with Crippen molar-refractivity contribution >= 4 is 60.6 Å². The number of carboxylic acids is 1. The second-order valence-electron chi connectivity index (χ2n) is 13.3. The van der Waals surface area contributed by atoms with Crippen LogP contribution < -0.4 is 48.5 Å². The van der Waals surface area contributed by atoms with Crippen LogP contribution in [0.3, 0.4) is 0 Å². The van der Waals surface area contributed by atoms with E-state index in [9.17, 15) is 43.2 Å². The fourth-order valence-corrected chi connectivity index (χ4v) is 6.82. The number of hydrogen-bond donors (Lipinski definition) is 10. The fourth-order valence-electron chi connectivity index (χ4n) is 5.76. The standard InChI is InChI=1S/C38H51N10O10P/c1-3-58-59(57,4-2)48-26-17-15-25(16-18-26)33(52)41-19-9-8-13-28-35(54)45-27(14-10-20-42-38(39)40)34(53)43-23-31(49)44-30(22-32(50)51)37(56)47-29(36(55)46-28)21-24-11-6-5-7-12-24/h2,5-7,11-12,15-18,27-30H,3,8-10,13-14,19-23H2,1H3,(H,41,52)(H,43,53)(H,44,49)(H,45,54)(H,46,55)(H,47,56)(H,48,57)(H,50,51)(H4,39,40,42)/t27-,28-,29+,30-,59?/m0/s1. The van der Waals surface area contributed by atoms with E-state index in [1.165, 1.54) is 24.3 Å². The van der Waals surface area contributed by atoms with Gasteiger partial charge in [0.15, 0.2) is 5.96 Å². The number of nitrogens with zero attached hydrogens (tertiary/aromatic N) is 1. The van der Waals surface area contributed by atoms with E-state index in [2.05, 4.69) is 47.6 Å². The number of aliphatic imine (C=N–C) groups is 1. The van der Waals surface area contributed by atoms with E-state index in [-0.39, 0.29) is 57.8 Å². The Kier molecular flexibility index (Phi) is 18.9. The Morgan fingerprint density at radius 3 is 2.10 bits per heavy atom. The van der Waals surface area contributed by atoms with Gasteiger partial charge in [0.1, 0.15) is 24.2 Å². The number of aliphatic carboxylic acids is 1. The van der Waals surface area contributed by atoms with Gasteiger partial charge in [-0.05, 0) is 68.9 Å². The van der Waals surface area contributed by atoms with Gasteiger partial charge < -0.3 is 58.1 Å². The molecule has 21 heteroatoms. The number of nitrogens with two attached hydrogens (primary N) is 2. The number of guanidine groups is 1. The summed E-state index contributed by atoms with van der Waals surface area (Å²) in [4.78, 5) is 95.8. The smallest absolute Gasteiger partial charge is 0.367 e. The maximum absolute atomic E-state index is 13.9. The van der Waals surface area contributed by atoms with Gasteiger partial charge in [-0.1, -0.05) is 30.3 Å². The summed E-state index contributed by atoms with van der Waals surface area (Å²) in [6, 6.07) is 9.25. The number of anilines is 1. The molecule has 5 atom stereocenters. The zero-order valence-corrected chi connectivity index (χ0v) is 33.4. The lowest BCUT2D eigenvalue weighted by Gasteiger charge is -2.26. The first-order chi connectivity index (χ1) is 28.1. The molecule has 0 spiro atoms. The second-order valence-corrected chi connectivity index (χ2v) is 15.1. The fraction of sp³-hybridized carbons (Fsp3) is 0.421. The predicted octanol–water partition coefficient (Wildman–Crippen LogP) is -0.341. The van der Waals surface area contributed by atoms with E-state index in [0.29, 0.717) is 23.2 Å². The molecule has 0 aliphatic carbocycles. The number of hydrogen-bond acceptors (Lipinski definition) is 10. The maximum atomic E-state index is 13.9. The highest BCUT2D eigenvalue weighted by Gasteiger charge is 2.33. The first-order valence-electron chi connectivity index (χ1n) is 18.8. The Labute approximate surface area is 341 Å². The molecule has 20 nitrogen and oxygen atoms in total. The van der Waals surface area contributed by atoms with E-state index in [0.717, 1.165) is 0 Å². The highest BCUT2D eigenvalue weighted by molar-refractivity contribution is 7.65. The van der Waals surface area contributed by atoms with Crippen molar-refractivity contribution in [1.29, 1.82) is 0 Å². The molecule has 318 valence electrons. The number of amides is 6. The number of benzene rings is 2. The summed E-state index contributed by atoms with van der Waals surface area (Å²) in [5.41, 5.74) is 14.3. The van der Waals surface area contributed by atoms with Crippen LogP contribution in [0.15, 0.2) is 59.6 Å². The van der Waals surface area contributed by atoms with Crippen molar-refractivity contribution in [3.8, 4) is 12.1 Å². The summed E-state index contributed by atoms with van der Waals surface area (Å²) in [6.07, 6.45) is 5.37. The second kappa shape index (κ2) is 23.7. The number of rotatable bonds is 18. The van der Waals surface area contributed by atoms with Crippen molar-refractivity contribution in [2.75, 3.05) is 31.3 Å². The van der Waals surface area contributed by atoms with Crippen LogP contribution in [0.5, 0.6) is 0 Å². The summed E-state index contributed by atoms with van der Waals surface area (Å²) < 4.78 is 17.7. The van der Waals surface area contributed by atoms with Crippen LogP contribution in [0.4, 0.5) is 5.69 Å². The Hall–Kier alpha value is -6.45. The van der Waals surface area contributed by atoms with E-state index >= 15 is 0 Å². The number of terminal acetylenes is 1. The molecule has 1 saturated heterocycles. The van der Waals surface area contributed by atoms with Gasteiger partial charge >= 0.3 is 13.5 Å². The Bertz CT molecular complexity index is 1920. The van der Waals surface area contributed by atoms with Crippen molar-refractivity contribution in [3.63, 3.8) is 0 Å². The quantitative estimate of drug-likeness (QED) is 0.0303. The van der Waals surface area contributed by atoms with Crippen LogP contribution in [0.25, 0.3) is 0 Å². The molecule has 0 radical (unpaired) electrons. The van der Waals surface area contributed by atoms with Crippen molar-refractivity contribution < 1.29 is 47.8 Å². The lowest BCUT2D eigenvalue weighted by atomic mass is 10.0. The van der Waals surface area contributed by atoms with Gasteiger partial charge in [-0.15, -0.1) is 6.42 Å². The van der Waals surface area contributed by atoms with Gasteiger partial charge in [-0.2, -0.15) is 0 Å². The van der Waals surface area contributed by atoms with Gasteiger partial charge in [0.2, 0.25) is 29.5 Å². The zero-order valence-electron chi connectivity index (χ0n) is 32.5. The highest BCUT2D eigenvalue weighted by atomic mass is 31.2. The number of nitrogens with one attached hydrogen (secondary N) is 7. The third-order valence-corrected chi connectivity index (χ3v) is 10.2. The monoisotopic (exact) mass is 838 g/mol. The molecular weight excluding hydrogens is 787 g/mol. The largest absolute Gasteiger partial charge is 0.481 e. The molecule has 0 aromatic heterocycles. The molecule has 2 aromatic rings.